The summed E-state index contributed by atoms with van der Waals surface area (Å²) < 4.78 is 20.0. The lowest BCUT2D eigenvalue weighted by Gasteiger charge is -2.01. The topological polar surface area (TPSA) is 47.0 Å². The molecule has 0 bridgehead atoms. The number of thioether (sulfide) groups is 1. The molecular weight excluding hydrogens is 333 g/mol. The summed E-state index contributed by atoms with van der Waals surface area (Å²) in [5.74, 6) is 0.395. The van der Waals surface area contributed by atoms with Crippen LogP contribution in [0.1, 0.15) is 0 Å². The van der Waals surface area contributed by atoms with Crippen molar-refractivity contribution in [2.45, 2.75) is 4.90 Å². The molecule has 3 aromatic rings. The van der Waals surface area contributed by atoms with Crippen LogP contribution in [-0.4, -0.2) is 36.5 Å². The number of halogens is 1. The van der Waals surface area contributed by atoms with Gasteiger partial charge in [-0.3, -0.25) is 0 Å². The third-order valence-electron chi connectivity index (χ3n) is 3.25. The Hall–Kier alpha value is -1.70. The molecule has 120 valence electrons. The molecule has 7 heteroatoms. The molecule has 0 aliphatic carbocycles. The van der Waals surface area contributed by atoms with Gasteiger partial charge in [0.2, 0.25) is 5.95 Å². The minimum absolute atomic E-state index is 0.381. The van der Waals surface area contributed by atoms with E-state index in [2.05, 4.69) is 21.4 Å². The van der Waals surface area contributed by atoms with Gasteiger partial charge in [0.25, 0.3) is 0 Å². The highest BCUT2D eigenvalue weighted by Crippen LogP contribution is 2.32. The van der Waals surface area contributed by atoms with Gasteiger partial charge in [-0.05, 0) is 30.3 Å². The molecule has 0 aliphatic heterocycles. The average Bonchev–Trinajstić information content (AvgIpc) is 2.98. The first-order valence-electron chi connectivity index (χ1n) is 7.08. The highest BCUT2D eigenvalue weighted by molar-refractivity contribution is 7.99. The number of nitrogens with one attached hydrogen (secondary N) is 1. The molecule has 3 rings (SSSR count). The van der Waals surface area contributed by atoms with E-state index in [0.717, 1.165) is 27.6 Å². The second-order valence-corrected chi connectivity index (χ2v) is 6.97. The van der Waals surface area contributed by atoms with E-state index in [9.17, 15) is 4.39 Å². The fraction of sp³-hybridized carbons (Fsp3) is 0.250. The summed E-state index contributed by atoms with van der Waals surface area (Å²) in [7, 11) is 3.37. The van der Waals surface area contributed by atoms with Crippen LogP contribution in [-0.2, 0) is 4.74 Å². The van der Waals surface area contributed by atoms with E-state index in [4.69, 9.17) is 4.74 Å². The molecular formula is C16H16FN3OS2. The van der Waals surface area contributed by atoms with Crippen molar-refractivity contribution >= 4 is 39.0 Å². The number of pyridine rings is 1. The summed E-state index contributed by atoms with van der Waals surface area (Å²) in [5.41, 5.74) is 1.84. The van der Waals surface area contributed by atoms with Gasteiger partial charge < -0.3 is 10.1 Å². The van der Waals surface area contributed by atoms with Crippen molar-refractivity contribution in [1.29, 1.82) is 0 Å². The number of rotatable bonds is 6. The maximum Gasteiger partial charge on any atom is 0.236 e. The van der Waals surface area contributed by atoms with Crippen LogP contribution in [0.2, 0.25) is 0 Å². The van der Waals surface area contributed by atoms with E-state index in [1.54, 1.807) is 38.1 Å². The minimum Gasteiger partial charge on any atom is -0.384 e. The molecule has 0 unspecified atom stereocenters. The molecule has 0 atom stereocenters. The van der Waals surface area contributed by atoms with Crippen LogP contribution in [0.4, 0.5) is 10.1 Å². The lowest BCUT2D eigenvalue weighted by atomic mass is 10.3. The molecule has 0 radical (unpaired) electrons. The van der Waals surface area contributed by atoms with Gasteiger partial charge in [-0.2, -0.15) is 4.39 Å². The molecule has 0 fully saturated rings. The molecule has 0 aliphatic rings. The molecule has 0 amide bonds. The van der Waals surface area contributed by atoms with Crippen LogP contribution in [0.25, 0.3) is 20.9 Å². The van der Waals surface area contributed by atoms with Crippen LogP contribution in [0, 0.1) is 5.95 Å². The molecule has 0 saturated heterocycles. The number of thiazole rings is 1. The number of hydrogen-bond acceptors (Lipinski definition) is 6. The number of nitrogens with zero attached hydrogens (tertiary/aromatic N) is 2. The number of benzene rings is 1. The Labute approximate surface area is 142 Å². The Morgan fingerprint density at radius 1 is 1.26 bits per heavy atom. The van der Waals surface area contributed by atoms with Crippen molar-refractivity contribution in [2.24, 2.45) is 0 Å². The Morgan fingerprint density at radius 2 is 2.13 bits per heavy atom. The molecule has 1 N–H and O–H groups in total. The summed E-state index contributed by atoms with van der Waals surface area (Å²) in [6.45, 7) is 0.720. The number of hydrogen-bond donors (Lipinski definition) is 1. The van der Waals surface area contributed by atoms with Gasteiger partial charge in [-0.25, -0.2) is 9.97 Å². The zero-order valence-electron chi connectivity index (χ0n) is 12.8. The van der Waals surface area contributed by atoms with Crippen molar-refractivity contribution in [2.75, 3.05) is 31.8 Å². The quantitative estimate of drug-likeness (QED) is 0.409. The van der Waals surface area contributed by atoms with Gasteiger partial charge in [0.05, 0.1) is 22.5 Å². The first-order chi connectivity index (χ1) is 11.2. The van der Waals surface area contributed by atoms with Crippen molar-refractivity contribution < 1.29 is 9.13 Å². The largest absolute Gasteiger partial charge is 0.384 e. The fourth-order valence-electron chi connectivity index (χ4n) is 2.09. The Bertz CT molecular complexity index is 822. The van der Waals surface area contributed by atoms with Crippen molar-refractivity contribution in [3.63, 3.8) is 0 Å². The smallest absolute Gasteiger partial charge is 0.236 e. The SMILES string of the molecule is CNc1ccc(-c2nc3ccc(SCCOC)cc3s2)nc1F. The third kappa shape index (κ3) is 3.63. The van der Waals surface area contributed by atoms with Gasteiger partial charge in [0, 0.05) is 24.8 Å². The average molecular weight is 349 g/mol. The first-order valence-corrected chi connectivity index (χ1v) is 8.88. The van der Waals surface area contributed by atoms with Crippen LogP contribution in [0.15, 0.2) is 35.2 Å². The predicted octanol–water partition coefficient (Wildman–Crippen LogP) is 4.28. The Balaban J connectivity index is 1.89. The fourth-order valence-corrected chi connectivity index (χ4v) is 3.99. The van der Waals surface area contributed by atoms with Crippen molar-refractivity contribution in [3.8, 4) is 10.7 Å². The van der Waals surface area contributed by atoms with E-state index in [1.165, 1.54) is 16.2 Å². The van der Waals surface area contributed by atoms with E-state index in [0.29, 0.717) is 11.4 Å². The monoisotopic (exact) mass is 349 g/mol. The highest BCUT2D eigenvalue weighted by atomic mass is 32.2. The van der Waals surface area contributed by atoms with Crippen LogP contribution < -0.4 is 5.32 Å². The van der Waals surface area contributed by atoms with Crippen LogP contribution in [0.3, 0.4) is 0 Å². The van der Waals surface area contributed by atoms with E-state index in [1.807, 2.05) is 12.1 Å². The molecule has 1 aromatic carbocycles. The molecule has 2 aromatic heterocycles. The van der Waals surface area contributed by atoms with Gasteiger partial charge >= 0.3 is 0 Å². The van der Waals surface area contributed by atoms with Crippen LogP contribution >= 0.6 is 23.1 Å². The third-order valence-corrected chi connectivity index (χ3v) is 5.25. The normalized spacial score (nSPS) is 11.1. The van der Waals surface area contributed by atoms with Crippen molar-refractivity contribution in [1.82, 2.24) is 9.97 Å². The number of fused-ring (bicyclic) bond motifs is 1. The molecule has 23 heavy (non-hydrogen) atoms. The second kappa shape index (κ2) is 7.25. The first kappa shape index (κ1) is 16.2. The van der Waals surface area contributed by atoms with E-state index < -0.39 is 5.95 Å². The zero-order chi connectivity index (χ0) is 16.2. The van der Waals surface area contributed by atoms with Gasteiger partial charge in [-0.15, -0.1) is 23.1 Å². The van der Waals surface area contributed by atoms with E-state index >= 15 is 0 Å². The second-order valence-electron chi connectivity index (χ2n) is 4.77. The number of ether oxygens (including phenoxy) is 1. The van der Waals surface area contributed by atoms with Gasteiger partial charge in [-0.1, -0.05) is 0 Å². The summed E-state index contributed by atoms with van der Waals surface area (Å²) in [5, 5.41) is 3.49. The number of methoxy groups -OCH3 is 1. The zero-order valence-corrected chi connectivity index (χ0v) is 14.4. The molecule has 0 spiro atoms. The maximum absolute atomic E-state index is 13.8. The summed E-state index contributed by atoms with van der Waals surface area (Å²) in [4.78, 5) is 9.72. The summed E-state index contributed by atoms with van der Waals surface area (Å²) in [6, 6.07) is 9.60. The number of anilines is 1. The van der Waals surface area contributed by atoms with E-state index in [-0.39, 0.29) is 0 Å². The van der Waals surface area contributed by atoms with Gasteiger partial charge in [0.15, 0.2) is 0 Å². The minimum atomic E-state index is -0.514. The Kier molecular flexibility index (Phi) is 5.09. The molecule has 4 nitrogen and oxygen atoms in total. The molecule has 0 saturated carbocycles. The Morgan fingerprint density at radius 3 is 2.87 bits per heavy atom. The lowest BCUT2D eigenvalue weighted by Crippen LogP contribution is -1.96. The number of aromatic nitrogens is 2. The van der Waals surface area contributed by atoms with Gasteiger partial charge in [0.1, 0.15) is 10.7 Å². The summed E-state index contributed by atoms with van der Waals surface area (Å²) in [6.07, 6.45) is 0. The predicted molar refractivity (Wildman–Crippen MR) is 95.0 cm³/mol. The van der Waals surface area contributed by atoms with Crippen molar-refractivity contribution in [3.05, 3.63) is 36.3 Å². The maximum atomic E-state index is 13.8. The lowest BCUT2D eigenvalue weighted by molar-refractivity contribution is 0.218. The standard InChI is InChI=1S/C16H16FN3OS2/c1-18-12-5-6-13(19-15(12)17)16-20-11-4-3-10(9-14(11)23-16)22-8-7-21-2/h3-6,9,18H,7-8H2,1-2H3. The highest BCUT2D eigenvalue weighted by Gasteiger charge is 2.11. The molecule has 2 heterocycles. The van der Waals surface area contributed by atoms with Crippen LogP contribution in [0.5, 0.6) is 0 Å². The summed E-state index contributed by atoms with van der Waals surface area (Å²) >= 11 is 3.26.